The van der Waals surface area contributed by atoms with E-state index in [9.17, 15) is 4.39 Å². The fourth-order valence-corrected chi connectivity index (χ4v) is 2.15. The highest BCUT2D eigenvalue weighted by atomic mass is 19.1. The second-order valence-corrected chi connectivity index (χ2v) is 4.69. The molecule has 15 heavy (non-hydrogen) atoms. The predicted octanol–water partition coefficient (Wildman–Crippen LogP) is 3.19. The number of hydrogen-bond acceptors (Lipinski definition) is 2. The minimum Gasteiger partial charge on any atom is -0.381 e. The fourth-order valence-electron chi connectivity index (χ4n) is 2.15. The molecule has 1 aliphatic carbocycles. The Hall–Kier alpha value is -0.860. The van der Waals surface area contributed by atoms with Gasteiger partial charge in [0.25, 0.3) is 0 Å². The van der Waals surface area contributed by atoms with Crippen LogP contribution >= 0.6 is 0 Å². The highest BCUT2D eigenvalue weighted by Crippen LogP contribution is 2.28. The van der Waals surface area contributed by atoms with Gasteiger partial charge in [0.2, 0.25) is 0 Å². The van der Waals surface area contributed by atoms with Gasteiger partial charge >= 0.3 is 0 Å². The van der Waals surface area contributed by atoms with E-state index in [1.807, 2.05) is 0 Å². The zero-order valence-corrected chi connectivity index (χ0v) is 9.70. The van der Waals surface area contributed by atoms with Gasteiger partial charge in [-0.3, -0.25) is 0 Å². The summed E-state index contributed by atoms with van der Waals surface area (Å²) in [5, 5.41) is 10.4. The third kappa shape index (κ3) is 3.33. The van der Waals surface area contributed by atoms with Crippen molar-refractivity contribution < 1.29 is 4.39 Å². The molecule has 2 N–H and O–H groups in total. The summed E-state index contributed by atoms with van der Waals surface area (Å²) in [6, 6.07) is 0. The maximum atomic E-state index is 12.8. The van der Waals surface area contributed by atoms with Gasteiger partial charge in [0.1, 0.15) is 6.67 Å². The summed E-state index contributed by atoms with van der Waals surface area (Å²) in [5.74, 6) is 0. The second kappa shape index (κ2) is 5.29. The van der Waals surface area contributed by atoms with Crippen LogP contribution in [-0.2, 0) is 0 Å². The van der Waals surface area contributed by atoms with Crippen molar-refractivity contribution in [3.05, 3.63) is 11.3 Å². The topological polar surface area (TPSA) is 35.9 Å². The molecule has 1 aliphatic rings. The lowest BCUT2D eigenvalue weighted by molar-refractivity contribution is 0.267. The lowest BCUT2D eigenvalue weighted by atomic mass is 9.83. The first-order valence-electron chi connectivity index (χ1n) is 5.66. The molecule has 0 bridgehead atoms. The number of alkyl halides is 1. The molecular formula is C12H21FN2. The van der Waals surface area contributed by atoms with Crippen molar-refractivity contribution in [1.29, 1.82) is 5.41 Å². The SMILES string of the molecule is C/C(C=N)=C(\CF)NC1(C)CCCCC1. The Bertz CT molecular complexity index is 252. The highest BCUT2D eigenvalue weighted by Gasteiger charge is 2.27. The van der Waals surface area contributed by atoms with Crippen LogP contribution in [-0.4, -0.2) is 18.4 Å². The van der Waals surface area contributed by atoms with Gasteiger partial charge in [-0.15, -0.1) is 0 Å². The van der Waals surface area contributed by atoms with Crippen molar-refractivity contribution in [2.75, 3.05) is 6.67 Å². The zero-order valence-electron chi connectivity index (χ0n) is 9.70. The van der Waals surface area contributed by atoms with Crippen LogP contribution in [0.3, 0.4) is 0 Å². The Morgan fingerprint density at radius 1 is 1.40 bits per heavy atom. The van der Waals surface area contributed by atoms with Crippen LogP contribution in [0.25, 0.3) is 0 Å². The molecule has 0 aromatic rings. The highest BCUT2D eigenvalue weighted by molar-refractivity contribution is 5.75. The molecule has 0 aromatic heterocycles. The van der Waals surface area contributed by atoms with Crippen LogP contribution < -0.4 is 5.32 Å². The third-order valence-corrected chi connectivity index (χ3v) is 3.24. The van der Waals surface area contributed by atoms with Gasteiger partial charge < -0.3 is 10.7 Å². The molecule has 1 fully saturated rings. The van der Waals surface area contributed by atoms with E-state index < -0.39 is 6.67 Å². The minimum absolute atomic E-state index is 0.0317. The van der Waals surface area contributed by atoms with Crippen LogP contribution in [0.1, 0.15) is 46.0 Å². The molecule has 1 saturated carbocycles. The second-order valence-electron chi connectivity index (χ2n) is 4.69. The number of rotatable bonds is 4. The lowest BCUT2D eigenvalue weighted by Gasteiger charge is -2.36. The molecule has 2 nitrogen and oxygen atoms in total. The maximum Gasteiger partial charge on any atom is 0.129 e. The van der Waals surface area contributed by atoms with Crippen LogP contribution in [0.4, 0.5) is 4.39 Å². The monoisotopic (exact) mass is 212 g/mol. The van der Waals surface area contributed by atoms with Gasteiger partial charge in [-0.2, -0.15) is 0 Å². The number of hydrogen-bond donors (Lipinski definition) is 2. The summed E-state index contributed by atoms with van der Waals surface area (Å²) < 4.78 is 12.8. The van der Waals surface area contributed by atoms with Crippen molar-refractivity contribution >= 4 is 6.21 Å². The van der Waals surface area contributed by atoms with E-state index in [4.69, 9.17) is 5.41 Å². The first kappa shape index (κ1) is 12.2. The molecule has 0 aromatic carbocycles. The molecule has 1 rings (SSSR count). The van der Waals surface area contributed by atoms with E-state index in [1.165, 1.54) is 25.5 Å². The molecule has 0 aliphatic heterocycles. The standard InChI is InChI=1S/C12H21FN2/c1-10(9-14)11(8-13)15-12(2)6-4-3-5-7-12/h9,14-15H,3-8H2,1-2H3/b11-10-,14-9?. The van der Waals surface area contributed by atoms with Gasteiger partial charge in [0.15, 0.2) is 0 Å². The van der Waals surface area contributed by atoms with Crippen LogP contribution in [0.2, 0.25) is 0 Å². The average Bonchev–Trinajstić information content (AvgIpc) is 2.26. The van der Waals surface area contributed by atoms with E-state index in [1.54, 1.807) is 6.92 Å². The van der Waals surface area contributed by atoms with Crippen LogP contribution in [0.5, 0.6) is 0 Å². The summed E-state index contributed by atoms with van der Waals surface area (Å²) in [4.78, 5) is 0. The molecule has 0 radical (unpaired) electrons. The third-order valence-electron chi connectivity index (χ3n) is 3.24. The predicted molar refractivity (Wildman–Crippen MR) is 62.1 cm³/mol. The normalized spacial score (nSPS) is 21.8. The first-order valence-corrected chi connectivity index (χ1v) is 5.66. The van der Waals surface area contributed by atoms with Gasteiger partial charge in [0, 0.05) is 17.5 Å². The smallest absolute Gasteiger partial charge is 0.129 e. The van der Waals surface area contributed by atoms with Crippen molar-refractivity contribution in [3.8, 4) is 0 Å². The van der Waals surface area contributed by atoms with Crippen molar-refractivity contribution in [2.24, 2.45) is 0 Å². The minimum atomic E-state index is -0.503. The summed E-state index contributed by atoms with van der Waals surface area (Å²) in [6.07, 6.45) is 7.13. The van der Waals surface area contributed by atoms with Crippen molar-refractivity contribution in [2.45, 2.75) is 51.5 Å². The lowest BCUT2D eigenvalue weighted by Crippen LogP contribution is -2.44. The molecule has 0 heterocycles. The van der Waals surface area contributed by atoms with Crippen molar-refractivity contribution in [1.82, 2.24) is 5.32 Å². The maximum absolute atomic E-state index is 12.8. The summed E-state index contributed by atoms with van der Waals surface area (Å²) in [5.41, 5.74) is 1.31. The Morgan fingerprint density at radius 2 is 2.00 bits per heavy atom. The largest absolute Gasteiger partial charge is 0.381 e. The van der Waals surface area contributed by atoms with Gasteiger partial charge in [-0.25, -0.2) is 4.39 Å². The van der Waals surface area contributed by atoms with Crippen molar-refractivity contribution in [3.63, 3.8) is 0 Å². The quantitative estimate of drug-likeness (QED) is 0.690. The average molecular weight is 212 g/mol. The summed E-state index contributed by atoms with van der Waals surface area (Å²) in [6.45, 7) is 3.43. The molecule has 3 heteroatoms. The Morgan fingerprint density at radius 3 is 2.47 bits per heavy atom. The number of nitrogens with one attached hydrogen (secondary N) is 2. The first-order chi connectivity index (χ1) is 7.11. The van der Waals surface area contributed by atoms with Gasteiger partial charge in [0.05, 0.1) is 0 Å². The molecule has 0 amide bonds. The molecule has 0 unspecified atom stereocenters. The molecule has 86 valence electrons. The molecular weight excluding hydrogens is 191 g/mol. The van der Waals surface area contributed by atoms with E-state index in [2.05, 4.69) is 12.2 Å². The number of allylic oxidation sites excluding steroid dienone is 2. The van der Waals surface area contributed by atoms with E-state index in [-0.39, 0.29) is 5.54 Å². The summed E-state index contributed by atoms with van der Waals surface area (Å²) >= 11 is 0. The molecule has 0 saturated heterocycles. The zero-order chi connectivity index (χ0) is 11.3. The van der Waals surface area contributed by atoms with E-state index in [0.29, 0.717) is 11.3 Å². The number of halogens is 1. The molecule has 0 atom stereocenters. The molecule has 0 spiro atoms. The van der Waals surface area contributed by atoms with Gasteiger partial charge in [-0.1, -0.05) is 19.3 Å². The van der Waals surface area contributed by atoms with Crippen LogP contribution in [0.15, 0.2) is 11.3 Å². The van der Waals surface area contributed by atoms with Crippen LogP contribution in [0, 0.1) is 5.41 Å². The van der Waals surface area contributed by atoms with E-state index >= 15 is 0 Å². The fraction of sp³-hybridized carbons (Fsp3) is 0.750. The van der Waals surface area contributed by atoms with E-state index in [0.717, 1.165) is 12.8 Å². The Balaban J connectivity index is 2.69. The Labute approximate surface area is 91.5 Å². The van der Waals surface area contributed by atoms with Gasteiger partial charge in [-0.05, 0) is 32.3 Å². The Kier molecular flexibility index (Phi) is 4.30. The summed E-state index contributed by atoms with van der Waals surface area (Å²) in [7, 11) is 0.